The van der Waals surface area contributed by atoms with E-state index in [0.717, 1.165) is 15.9 Å². The summed E-state index contributed by atoms with van der Waals surface area (Å²) < 4.78 is 2.59. The highest BCUT2D eigenvalue weighted by molar-refractivity contribution is 5.92. The quantitative estimate of drug-likeness (QED) is 0.383. The van der Waals surface area contributed by atoms with Gasteiger partial charge in [-0.15, -0.1) is 5.10 Å². The maximum atomic E-state index is 12.7. The van der Waals surface area contributed by atoms with Gasteiger partial charge in [-0.3, -0.25) is 25.2 Å². The standard InChI is InChI=1S/C25H19N7O3/c33-21(16-31-25(35)20-14-8-7-11-18(20)15-26-31)28-29-24(34)22-27-23(17-9-3-1-4-10-17)32(30-22)19-12-5-2-6-13-19/h1-15H,16H2,(H,28,33)(H,29,34). The molecule has 0 spiro atoms. The summed E-state index contributed by atoms with van der Waals surface area (Å²) in [5.74, 6) is -0.993. The van der Waals surface area contributed by atoms with Crippen molar-refractivity contribution in [2.75, 3.05) is 0 Å². The van der Waals surface area contributed by atoms with Crippen LogP contribution in [0.4, 0.5) is 0 Å². The average Bonchev–Trinajstić information content (AvgIpc) is 3.36. The first-order valence-electron chi connectivity index (χ1n) is 10.7. The Labute approximate surface area is 198 Å². The smallest absolute Gasteiger partial charge is 0.271 e. The first kappa shape index (κ1) is 21.7. The summed E-state index contributed by atoms with van der Waals surface area (Å²) in [6, 6.07) is 25.6. The maximum Gasteiger partial charge on any atom is 0.309 e. The zero-order valence-corrected chi connectivity index (χ0v) is 18.3. The minimum absolute atomic E-state index is 0.131. The zero-order valence-electron chi connectivity index (χ0n) is 18.3. The van der Waals surface area contributed by atoms with Gasteiger partial charge < -0.3 is 0 Å². The van der Waals surface area contributed by atoms with Crippen LogP contribution in [-0.4, -0.2) is 36.4 Å². The molecule has 172 valence electrons. The Morgan fingerprint density at radius 1 is 0.829 bits per heavy atom. The average molecular weight is 465 g/mol. The summed E-state index contributed by atoms with van der Waals surface area (Å²) in [6.07, 6.45) is 1.51. The number of carbonyl (C=O) groups excluding carboxylic acids is 2. The SMILES string of the molecule is O=C(Cn1ncc2ccccc2c1=O)NNC(=O)c1nc(-c2ccccc2)n(-c2ccccc2)n1. The van der Waals surface area contributed by atoms with Crippen molar-refractivity contribution in [1.82, 2.24) is 35.4 Å². The van der Waals surface area contributed by atoms with Crippen molar-refractivity contribution < 1.29 is 9.59 Å². The Morgan fingerprint density at radius 2 is 1.51 bits per heavy atom. The lowest BCUT2D eigenvalue weighted by atomic mass is 10.2. The number of aromatic nitrogens is 5. The second-order valence-corrected chi connectivity index (χ2v) is 7.57. The molecule has 2 amide bonds. The van der Waals surface area contributed by atoms with Gasteiger partial charge in [0.2, 0.25) is 5.82 Å². The lowest BCUT2D eigenvalue weighted by Crippen LogP contribution is -2.44. The Kier molecular flexibility index (Phi) is 5.83. The molecule has 0 bridgehead atoms. The fraction of sp³-hybridized carbons (Fsp3) is 0.0400. The number of nitrogens with one attached hydrogen (secondary N) is 2. The van der Waals surface area contributed by atoms with E-state index in [0.29, 0.717) is 16.6 Å². The number of hydrazine groups is 1. The van der Waals surface area contributed by atoms with Crippen molar-refractivity contribution in [3.63, 3.8) is 0 Å². The molecule has 10 heteroatoms. The molecule has 2 aromatic heterocycles. The van der Waals surface area contributed by atoms with Gasteiger partial charge in [-0.2, -0.15) is 5.10 Å². The summed E-state index contributed by atoms with van der Waals surface area (Å²) in [5.41, 5.74) is 5.68. The van der Waals surface area contributed by atoms with Gasteiger partial charge in [0.15, 0.2) is 5.82 Å². The molecule has 5 aromatic rings. The highest BCUT2D eigenvalue weighted by Crippen LogP contribution is 2.20. The number of carbonyl (C=O) groups is 2. The molecule has 3 aromatic carbocycles. The Bertz CT molecular complexity index is 1520. The second-order valence-electron chi connectivity index (χ2n) is 7.57. The van der Waals surface area contributed by atoms with Gasteiger partial charge in [0.1, 0.15) is 6.54 Å². The van der Waals surface area contributed by atoms with Crippen molar-refractivity contribution in [2.24, 2.45) is 0 Å². The van der Waals surface area contributed by atoms with Crippen molar-refractivity contribution in [3.05, 3.63) is 107 Å². The van der Waals surface area contributed by atoms with Gasteiger partial charge >= 0.3 is 5.91 Å². The summed E-state index contributed by atoms with van der Waals surface area (Å²) in [5, 5.41) is 9.48. The molecular weight excluding hydrogens is 446 g/mol. The highest BCUT2D eigenvalue weighted by Gasteiger charge is 2.19. The van der Waals surface area contributed by atoms with E-state index in [1.807, 2.05) is 60.7 Å². The zero-order chi connectivity index (χ0) is 24.2. The van der Waals surface area contributed by atoms with Crippen LogP contribution < -0.4 is 16.4 Å². The van der Waals surface area contributed by atoms with Crippen molar-refractivity contribution >= 4 is 22.6 Å². The molecule has 0 unspecified atom stereocenters. The number of amides is 2. The number of hydrogen-bond acceptors (Lipinski definition) is 6. The van der Waals surface area contributed by atoms with Crippen LogP contribution in [0, 0.1) is 0 Å². The summed E-state index contributed by atoms with van der Waals surface area (Å²) >= 11 is 0. The predicted octanol–water partition coefficient (Wildman–Crippen LogP) is 2.11. The molecule has 0 aliphatic rings. The fourth-order valence-electron chi connectivity index (χ4n) is 3.53. The molecule has 2 heterocycles. The molecule has 5 rings (SSSR count). The third-order valence-electron chi connectivity index (χ3n) is 5.21. The number of fused-ring (bicyclic) bond motifs is 1. The largest absolute Gasteiger partial charge is 0.309 e. The van der Waals surface area contributed by atoms with E-state index in [2.05, 4.69) is 26.0 Å². The van der Waals surface area contributed by atoms with Crippen molar-refractivity contribution in [1.29, 1.82) is 0 Å². The molecule has 0 aliphatic heterocycles. The molecule has 0 radical (unpaired) electrons. The van der Waals surface area contributed by atoms with E-state index >= 15 is 0 Å². The number of benzene rings is 3. The van der Waals surface area contributed by atoms with Gasteiger partial charge in [-0.25, -0.2) is 14.3 Å². The maximum absolute atomic E-state index is 12.7. The van der Waals surface area contributed by atoms with Crippen LogP contribution in [0.2, 0.25) is 0 Å². The van der Waals surface area contributed by atoms with Crippen LogP contribution in [0.1, 0.15) is 10.6 Å². The van der Waals surface area contributed by atoms with Crippen LogP contribution in [-0.2, 0) is 11.3 Å². The minimum atomic E-state index is -0.705. The predicted molar refractivity (Wildman–Crippen MR) is 128 cm³/mol. The van der Waals surface area contributed by atoms with Crippen molar-refractivity contribution in [2.45, 2.75) is 6.54 Å². The molecule has 35 heavy (non-hydrogen) atoms. The first-order chi connectivity index (χ1) is 17.1. The molecule has 2 N–H and O–H groups in total. The Morgan fingerprint density at radius 3 is 2.29 bits per heavy atom. The van der Waals surface area contributed by atoms with Crippen LogP contribution in [0.3, 0.4) is 0 Å². The summed E-state index contributed by atoms with van der Waals surface area (Å²) in [6.45, 7) is -0.370. The van der Waals surface area contributed by atoms with E-state index in [-0.39, 0.29) is 12.4 Å². The van der Waals surface area contributed by atoms with Gasteiger partial charge in [-0.05, 0) is 18.2 Å². The molecular formula is C25H19N7O3. The molecule has 10 nitrogen and oxygen atoms in total. The van der Waals surface area contributed by atoms with Crippen molar-refractivity contribution in [3.8, 4) is 17.1 Å². The lowest BCUT2D eigenvalue weighted by molar-refractivity contribution is -0.122. The van der Waals surface area contributed by atoms with Crippen LogP contribution >= 0.6 is 0 Å². The number of para-hydroxylation sites is 1. The Balaban J connectivity index is 1.33. The molecule has 0 atom stereocenters. The summed E-state index contributed by atoms with van der Waals surface area (Å²) in [7, 11) is 0. The summed E-state index contributed by atoms with van der Waals surface area (Å²) in [4.78, 5) is 42.0. The van der Waals surface area contributed by atoms with E-state index in [1.54, 1.807) is 28.9 Å². The van der Waals surface area contributed by atoms with E-state index in [9.17, 15) is 14.4 Å². The second kappa shape index (κ2) is 9.40. The third kappa shape index (κ3) is 4.53. The Hall–Kier alpha value is -5.12. The van der Waals surface area contributed by atoms with Crippen LogP contribution in [0.15, 0.2) is 95.9 Å². The van der Waals surface area contributed by atoms with E-state index < -0.39 is 17.4 Å². The molecule has 0 aliphatic carbocycles. The van der Waals surface area contributed by atoms with Gasteiger partial charge in [0.25, 0.3) is 11.5 Å². The monoisotopic (exact) mass is 465 g/mol. The van der Waals surface area contributed by atoms with Gasteiger partial charge in [0.05, 0.1) is 17.3 Å². The third-order valence-corrected chi connectivity index (χ3v) is 5.21. The highest BCUT2D eigenvalue weighted by atomic mass is 16.2. The number of rotatable bonds is 5. The van der Waals surface area contributed by atoms with E-state index in [4.69, 9.17) is 0 Å². The first-order valence-corrected chi connectivity index (χ1v) is 10.7. The molecule has 0 saturated carbocycles. The van der Waals surface area contributed by atoms with Crippen LogP contribution in [0.25, 0.3) is 27.8 Å². The molecule has 0 saturated heterocycles. The fourth-order valence-corrected chi connectivity index (χ4v) is 3.53. The number of hydrogen-bond donors (Lipinski definition) is 2. The topological polar surface area (TPSA) is 124 Å². The molecule has 0 fully saturated rings. The van der Waals surface area contributed by atoms with Crippen LogP contribution in [0.5, 0.6) is 0 Å². The van der Waals surface area contributed by atoms with E-state index in [1.165, 1.54) is 6.20 Å². The van der Waals surface area contributed by atoms with Gasteiger partial charge in [-0.1, -0.05) is 66.7 Å². The minimum Gasteiger partial charge on any atom is -0.271 e. The van der Waals surface area contributed by atoms with Gasteiger partial charge in [0, 0.05) is 10.9 Å². The normalized spacial score (nSPS) is 10.7. The number of nitrogens with zero attached hydrogens (tertiary/aromatic N) is 5. The lowest BCUT2D eigenvalue weighted by Gasteiger charge is -2.07.